The van der Waals surface area contributed by atoms with Gasteiger partial charge in [-0.1, -0.05) is 13.0 Å². The number of ether oxygens (including phenoxy) is 1. The number of halogens is 1. The van der Waals surface area contributed by atoms with Crippen LogP contribution in [0.1, 0.15) is 18.3 Å². The van der Waals surface area contributed by atoms with Gasteiger partial charge in [0.05, 0.1) is 6.54 Å². The lowest BCUT2D eigenvalue weighted by Crippen LogP contribution is -2.01. The summed E-state index contributed by atoms with van der Waals surface area (Å²) in [6.45, 7) is 2.45. The number of phenols is 1. The second-order valence-corrected chi connectivity index (χ2v) is 5.29. The van der Waals surface area contributed by atoms with Gasteiger partial charge in [-0.2, -0.15) is 0 Å². The van der Waals surface area contributed by atoms with Gasteiger partial charge in [0.25, 0.3) is 0 Å². The molecule has 0 spiro atoms. The van der Waals surface area contributed by atoms with Gasteiger partial charge in [0, 0.05) is 24.1 Å². The van der Waals surface area contributed by atoms with Crippen molar-refractivity contribution >= 4 is 5.69 Å². The van der Waals surface area contributed by atoms with E-state index in [1.807, 2.05) is 13.0 Å². The quantitative estimate of drug-likeness (QED) is 0.634. The van der Waals surface area contributed by atoms with Crippen molar-refractivity contribution in [1.82, 2.24) is 9.97 Å². The number of aromatic hydroxyl groups is 1. The Balaban J connectivity index is 1.70. The minimum absolute atomic E-state index is 0.00577. The van der Waals surface area contributed by atoms with Crippen LogP contribution in [0.15, 0.2) is 48.8 Å². The Bertz CT molecular complexity index is 819. The number of hydrogen-bond donors (Lipinski definition) is 3. The van der Waals surface area contributed by atoms with Crippen LogP contribution in [0.4, 0.5) is 10.1 Å². The largest absolute Gasteiger partial charge is 0.504 e. The summed E-state index contributed by atoms with van der Waals surface area (Å²) in [5.41, 5.74) is 1.60. The van der Waals surface area contributed by atoms with Crippen LogP contribution in [-0.4, -0.2) is 15.1 Å². The number of benzene rings is 2. The summed E-state index contributed by atoms with van der Waals surface area (Å²) in [6, 6.07) is 9.66. The van der Waals surface area contributed by atoms with Gasteiger partial charge in [-0.25, -0.2) is 9.37 Å². The molecule has 0 fully saturated rings. The average molecular weight is 327 g/mol. The van der Waals surface area contributed by atoms with Crippen LogP contribution < -0.4 is 10.1 Å². The van der Waals surface area contributed by atoms with Crippen molar-refractivity contribution < 1.29 is 14.2 Å². The fraction of sp³-hybridized carbons (Fsp3) is 0.167. The maximum atomic E-state index is 14.2. The van der Waals surface area contributed by atoms with Gasteiger partial charge in [-0.05, 0) is 36.2 Å². The van der Waals surface area contributed by atoms with E-state index in [1.54, 1.807) is 30.6 Å². The Morgan fingerprint density at radius 1 is 1.21 bits per heavy atom. The number of aryl methyl sites for hydroxylation is 1. The van der Waals surface area contributed by atoms with Crippen LogP contribution in [0.2, 0.25) is 0 Å². The molecular formula is C18H18FN3O2. The van der Waals surface area contributed by atoms with Crippen LogP contribution in [-0.2, 0) is 13.0 Å². The molecule has 3 rings (SSSR count). The summed E-state index contributed by atoms with van der Waals surface area (Å²) in [5, 5.41) is 13.0. The molecule has 0 aliphatic rings. The number of rotatable bonds is 6. The van der Waals surface area contributed by atoms with Crippen molar-refractivity contribution in [3.63, 3.8) is 0 Å². The molecular weight excluding hydrogens is 309 g/mol. The topological polar surface area (TPSA) is 70.2 Å². The number of nitrogens with zero attached hydrogens (tertiary/aromatic N) is 1. The van der Waals surface area contributed by atoms with Crippen molar-refractivity contribution in [1.29, 1.82) is 0 Å². The van der Waals surface area contributed by atoms with Gasteiger partial charge in [-0.15, -0.1) is 0 Å². The first-order valence-electron chi connectivity index (χ1n) is 7.67. The standard InChI is InChI=1S/C18H18FN3O2/c1-2-12-3-5-17(15(23)9-12)24-16-6-4-13(10-14(16)19)22-11-18-20-7-8-21-18/h3-10,22-23H,2,11H2,1H3,(H,20,21). The highest BCUT2D eigenvalue weighted by Crippen LogP contribution is 2.33. The van der Waals surface area contributed by atoms with Gasteiger partial charge >= 0.3 is 0 Å². The Morgan fingerprint density at radius 2 is 2.04 bits per heavy atom. The third-order valence-corrected chi connectivity index (χ3v) is 3.60. The van der Waals surface area contributed by atoms with E-state index in [2.05, 4.69) is 15.3 Å². The fourth-order valence-corrected chi connectivity index (χ4v) is 2.26. The molecule has 0 saturated heterocycles. The normalized spacial score (nSPS) is 10.6. The summed E-state index contributed by atoms with van der Waals surface area (Å²) >= 11 is 0. The highest BCUT2D eigenvalue weighted by Gasteiger charge is 2.10. The lowest BCUT2D eigenvalue weighted by atomic mass is 10.1. The third kappa shape index (κ3) is 3.65. The summed E-state index contributed by atoms with van der Waals surface area (Å²) in [4.78, 5) is 7.05. The molecule has 0 aliphatic heterocycles. The molecule has 124 valence electrons. The SMILES string of the molecule is CCc1ccc(Oc2ccc(NCc3ncc[nH]3)cc2F)c(O)c1. The zero-order chi connectivity index (χ0) is 16.9. The number of hydrogen-bond acceptors (Lipinski definition) is 4. The Morgan fingerprint density at radius 3 is 2.71 bits per heavy atom. The van der Waals surface area contributed by atoms with Gasteiger partial charge < -0.3 is 20.1 Å². The summed E-state index contributed by atoms with van der Waals surface area (Å²) in [7, 11) is 0. The Hall–Kier alpha value is -3.02. The minimum Gasteiger partial charge on any atom is -0.504 e. The van der Waals surface area contributed by atoms with Crippen molar-refractivity contribution in [2.45, 2.75) is 19.9 Å². The van der Waals surface area contributed by atoms with Crippen LogP contribution in [0.25, 0.3) is 0 Å². The minimum atomic E-state index is -0.515. The van der Waals surface area contributed by atoms with E-state index in [1.165, 1.54) is 12.1 Å². The molecule has 0 bridgehead atoms. The first-order valence-corrected chi connectivity index (χ1v) is 7.67. The zero-order valence-corrected chi connectivity index (χ0v) is 13.2. The molecule has 5 nitrogen and oxygen atoms in total. The maximum absolute atomic E-state index is 14.2. The molecule has 1 aromatic heterocycles. The van der Waals surface area contributed by atoms with Crippen molar-refractivity contribution in [2.75, 3.05) is 5.32 Å². The van der Waals surface area contributed by atoms with Gasteiger partial charge in [0.1, 0.15) is 5.82 Å². The van der Waals surface area contributed by atoms with E-state index in [0.717, 1.165) is 17.8 Å². The van der Waals surface area contributed by atoms with Gasteiger partial charge in [0.15, 0.2) is 23.1 Å². The van der Waals surface area contributed by atoms with Crippen molar-refractivity contribution in [3.05, 3.63) is 66.0 Å². The molecule has 0 saturated carbocycles. The predicted molar refractivity (Wildman–Crippen MR) is 89.9 cm³/mol. The van der Waals surface area contributed by atoms with E-state index in [9.17, 15) is 9.50 Å². The fourth-order valence-electron chi connectivity index (χ4n) is 2.26. The first-order chi connectivity index (χ1) is 11.7. The highest BCUT2D eigenvalue weighted by molar-refractivity contribution is 5.50. The van der Waals surface area contributed by atoms with E-state index >= 15 is 0 Å². The number of aromatic amines is 1. The average Bonchev–Trinajstić information content (AvgIpc) is 3.10. The van der Waals surface area contributed by atoms with Crippen molar-refractivity contribution in [3.8, 4) is 17.2 Å². The number of imidazole rings is 1. The molecule has 0 aliphatic carbocycles. The van der Waals surface area contributed by atoms with Crippen molar-refractivity contribution in [2.24, 2.45) is 0 Å². The highest BCUT2D eigenvalue weighted by atomic mass is 19.1. The molecule has 0 unspecified atom stereocenters. The zero-order valence-electron chi connectivity index (χ0n) is 13.2. The molecule has 0 atom stereocenters. The molecule has 0 radical (unpaired) electrons. The second kappa shape index (κ2) is 7.04. The summed E-state index contributed by atoms with van der Waals surface area (Å²) in [6.07, 6.45) is 4.19. The molecule has 24 heavy (non-hydrogen) atoms. The maximum Gasteiger partial charge on any atom is 0.169 e. The smallest absolute Gasteiger partial charge is 0.169 e. The monoisotopic (exact) mass is 327 g/mol. The van der Waals surface area contributed by atoms with Gasteiger partial charge in [-0.3, -0.25) is 0 Å². The predicted octanol–water partition coefficient (Wildman–Crippen LogP) is 4.22. The number of aromatic nitrogens is 2. The van der Waals surface area contributed by atoms with E-state index in [0.29, 0.717) is 12.2 Å². The second-order valence-electron chi connectivity index (χ2n) is 5.29. The Labute approximate surface area is 139 Å². The molecule has 6 heteroatoms. The van der Waals surface area contributed by atoms with Crippen LogP contribution in [0.3, 0.4) is 0 Å². The molecule has 3 aromatic rings. The van der Waals surface area contributed by atoms with Gasteiger partial charge in [0.2, 0.25) is 0 Å². The molecule has 3 N–H and O–H groups in total. The van der Waals surface area contributed by atoms with E-state index in [4.69, 9.17) is 4.74 Å². The molecule has 1 heterocycles. The molecule has 2 aromatic carbocycles. The Kier molecular flexibility index (Phi) is 4.65. The summed E-state index contributed by atoms with van der Waals surface area (Å²) in [5.74, 6) is 0.518. The molecule has 0 amide bonds. The number of nitrogens with one attached hydrogen (secondary N) is 2. The van der Waals surface area contributed by atoms with Crippen LogP contribution >= 0.6 is 0 Å². The first kappa shape index (κ1) is 15.9. The number of anilines is 1. The lowest BCUT2D eigenvalue weighted by Gasteiger charge is -2.11. The third-order valence-electron chi connectivity index (χ3n) is 3.60. The number of H-pyrrole nitrogens is 1. The lowest BCUT2D eigenvalue weighted by molar-refractivity contribution is 0.395. The number of phenolic OH excluding ortho intramolecular Hbond substituents is 1. The van der Waals surface area contributed by atoms with E-state index < -0.39 is 5.82 Å². The van der Waals surface area contributed by atoms with Crippen LogP contribution in [0.5, 0.6) is 17.2 Å². The van der Waals surface area contributed by atoms with E-state index in [-0.39, 0.29) is 17.2 Å². The summed E-state index contributed by atoms with van der Waals surface area (Å²) < 4.78 is 19.7. The van der Waals surface area contributed by atoms with Crippen LogP contribution in [0, 0.1) is 5.82 Å².